The van der Waals surface area contributed by atoms with Crippen LogP contribution in [0.1, 0.15) is 28.7 Å². The molecule has 9 heteroatoms. The molecule has 0 unspecified atom stereocenters. The summed E-state index contributed by atoms with van der Waals surface area (Å²) in [4.78, 5) is 30.2. The highest BCUT2D eigenvalue weighted by Crippen LogP contribution is 2.20. The molecule has 0 atom stereocenters. The predicted octanol–water partition coefficient (Wildman–Crippen LogP) is 2.03. The zero-order chi connectivity index (χ0) is 17.7. The first-order valence-corrected chi connectivity index (χ1v) is 7.09. The average Bonchev–Trinajstić information content (AvgIpc) is 2.52. The van der Waals surface area contributed by atoms with Crippen molar-refractivity contribution in [2.45, 2.75) is 20.5 Å². The quantitative estimate of drug-likeness (QED) is 0.483. The number of esters is 1. The smallest absolute Gasteiger partial charge is 0.341 e. The minimum absolute atomic E-state index is 0.0165. The number of aromatic nitrogens is 2. The third kappa shape index (κ3) is 3.94. The highest BCUT2D eigenvalue weighted by Gasteiger charge is 2.20. The zero-order valence-corrected chi connectivity index (χ0v) is 13.2. The second-order valence-corrected chi connectivity index (χ2v) is 4.75. The molecule has 9 nitrogen and oxygen atoms in total. The molecule has 0 radical (unpaired) electrons. The fourth-order valence-corrected chi connectivity index (χ4v) is 2.04. The molecule has 1 aromatic heterocycles. The molecule has 0 saturated carbocycles. The van der Waals surface area contributed by atoms with Gasteiger partial charge >= 0.3 is 5.97 Å². The third-order valence-corrected chi connectivity index (χ3v) is 3.08. The van der Waals surface area contributed by atoms with Crippen molar-refractivity contribution in [3.63, 3.8) is 0 Å². The lowest BCUT2D eigenvalue weighted by atomic mass is 10.1. The first-order chi connectivity index (χ1) is 11.4. The van der Waals surface area contributed by atoms with Crippen LogP contribution < -0.4 is 10.5 Å². The number of nitro groups is 1. The number of rotatable bonds is 6. The Morgan fingerprint density at radius 3 is 2.54 bits per heavy atom. The summed E-state index contributed by atoms with van der Waals surface area (Å²) in [6.07, 6.45) is 0. The van der Waals surface area contributed by atoms with Crippen LogP contribution in [0.2, 0.25) is 0 Å². The lowest BCUT2D eigenvalue weighted by molar-refractivity contribution is -0.384. The first kappa shape index (κ1) is 17.1. The number of hydrogen-bond acceptors (Lipinski definition) is 8. The Labute approximate surface area is 137 Å². The lowest BCUT2D eigenvalue weighted by Gasteiger charge is -2.12. The van der Waals surface area contributed by atoms with Crippen molar-refractivity contribution in [3.05, 3.63) is 51.3 Å². The molecule has 0 saturated heterocycles. The van der Waals surface area contributed by atoms with Crippen molar-refractivity contribution >= 4 is 17.6 Å². The standard InChI is InChI=1S/C15H16N4O5/c1-3-23-14(20)13-9(2)17-15(16)18-12(13)8-24-11-6-4-10(5-7-11)19(21)22/h4-7H,3,8H2,1-2H3,(H2,16,17,18). The second-order valence-electron chi connectivity index (χ2n) is 4.75. The van der Waals surface area contributed by atoms with Gasteiger partial charge in [0.05, 0.1) is 22.9 Å². The minimum Gasteiger partial charge on any atom is -0.487 e. The van der Waals surface area contributed by atoms with Crippen LogP contribution in [0.15, 0.2) is 24.3 Å². The third-order valence-electron chi connectivity index (χ3n) is 3.08. The van der Waals surface area contributed by atoms with Gasteiger partial charge in [-0.3, -0.25) is 10.1 Å². The van der Waals surface area contributed by atoms with Crippen molar-refractivity contribution in [2.24, 2.45) is 0 Å². The maximum Gasteiger partial charge on any atom is 0.341 e. The number of nitrogen functional groups attached to an aromatic ring is 1. The number of anilines is 1. The van der Waals surface area contributed by atoms with Gasteiger partial charge in [-0.1, -0.05) is 0 Å². The van der Waals surface area contributed by atoms with Gasteiger partial charge in [-0.05, 0) is 26.0 Å². The summed E-state index contributed by atoms with van der Waals surface area (Å²) in [5.41, 5.74) is 6.46. The molecule has 0 spiro atoms. The van der Waals surface area contributed by atoms with Crippen LogP contribution >= 0.6 is 0 Å². The Bertz CT molecular complexity index is 761. The van der Waals surface area contributed by atoms with Gasteiger partial charge in [0.15, 0.2) is 0 Å². The number of carbonyl (C=O) groups is 1. The summed E-state index contributed by atoms with van der Waals surface area (Å²) < 4.78 is 10.5. The average molecular weight is 332 g/mol. The van der Waals surface area contributed by atoms with Crippen LogP contribution in [0.5, 0.6) is 5.75 Å². The maximum atomic E-state index is 12.1. The number of nitrogens with zero attached hydrogens (tertiary/aromatic N) is 3. The van der Waals surface area contributed by atoms with E-state index >= 15 is 0 Å². The van der Waals surface area contributed by atoms with Gasteiger partial charge in [0.25, 0.3) is 5.69 Å². The van der Waals surface area contributed by atoms with E-state index in [0.29, 0.717) is 11.4 Å². The molecule has 0 aliphatic heterocycles. The van der Waals surface area contributed by atoms with Crippen LogP contribution in [-0.4, -0.2) is 27.5 Å². The highest BCUT2D eigenvalue weighted by atomic mass is 16.6. The van der Waals surface area contributed by atoms with E-state index in [-0.39, 0.29) is 36.1 Å². The van der Waals surface area contributed by atoms with E-state index in [4.69, 9.17) is 15.2 Å². The fourth-order valence-electron chi connectivity index (χ4n) is 2.04. The van der Waals surface area contributed by atoms with E-state index in [9.17, 15) is 14.9 Å². The molecular formula is C15H16N4O5. The Kier molecular flexibility index (Phi) is 5.25. The number of hydrogen-bond donors (Lipinski definition) is 1. The predicted molar refractivity (Wildman–Crippen MR) is 84.6 cm³/mol. The van der Waals surface area contributed by atoms with Gasteiger partial charge < -0.3 is 15.2 Å². The number of carbonyl (C=O) groups excluding carboxylic acids is 1. The molecule has 0 bridgehead atoms. The summed E-state index contributed by atoms with van der Waals surface area (Å²) in [6.45, 7) is 3.48. The Balaban J connectivity index is 2.22. The first-order valence-electron chi connectivity index (χ1n) is 7.09. The minimum atomic E-state index is -0.558. The van der Waals surface area contributed by atoms with E-state index in [0.717, 1.165) is 0 Å². The normalized spacial score (nSPS) is 10.2. The monoisotopic (exact) mass is 332 g/mol. The summed E-state index contributed by atoms with van der Waals surface area (Å²) in [5.74, 6) is -0.148. The van der Waals surface area contributed by atoms with E-state index < -0.39 is 10.9 Å². The Hall–Kier alpha value is -3.23. The molecule has 2 N–H and O–H groups in total. The molecule has 126 valence electrons. The number of ether oxygens (including phenoxy) is 2. The molecule has 24 heavy (non-hydrogen) atoms. The van der Waals surface area contributed by atoms with E-state index in [2.05, 4.69) is 9.97 Å². The lowest BCUT2D eigenvalue weighted by Crippen LogP contribution is -2.16. The van der Waals surface area contributed by atoms with Gasteiger partial charge in [0.2, 0.25) is 5.95 Å². The van der Waals surface area contributed by atoms with Gasteiger partial charge in [-0.2, -0.15) is 0 Å². The molecule has 0 aliphatic rings. The highest BCUT2D eigenvalue weighted by molar-refractivity contribution is 5.91. The number of nitrogens with two attached hydrogens (primary N) is 1. The van der Waals surface area contributed by atoms with Crippen LogP contribution in [0.25, 0.3) is 0 Å². The van der Waals surface area contributed by atoms with Gasteiger partial charge in [0, 0.05) is 12.1 Å². The summed E-state index contributed by atoms with van der Waals surface area (Å²) in [6, 6.07) is 5.56. The molecule has 2 aromatic rings. The van der Waals surface area contributed by atoms with Gasteiger partial charge in [-0.15, -0.1) is 0 Å². The largest absolute Gasteiger partial charge is 0.487 e. The number of nitro benzene ring substituents is 1. The van der Waals surface area contributed by atoms with Crippen LogP contribution in [0.3, 0.4) is 0 Å². The number of aryl methyl sites for hydroxylation is 1. The SMILES string of the molecule is CCOC(=O)c1c(C)nc(N)nc1COc1ccc([N+](=O)[O-])cc1. The van der Waals surface area contributed by atoms with Crippen LogP contribution in [0.4, 0.5) is 11.6 Å². The van der Waals surface area contributed by atoms with Crippen molar-refractivity contribution in [1.82, 2.24) is 9.97 Å². The summed E-state index contributed by atoms with van der Waals surface area (Å²) >= 11 is 0. The number of benzene rings is 1. The molecule has 2 rings (SSSR count). The van der Waals surface area contributed by atoms with E-state index in [1.165, 1.54) is 24.3 Å². The molecular weight excluding hydrogens is 316 g/mol. The molecule has 0 aliphatic carbocycles. The van der Waals surface area contributed by atoms with Crippen molar-refractivity contribution in [1.29, 1.82) is 0 Å². The van der Waals surface area contributed by atoms with E-state index in [1.54, 1.807) is 13.8 Å². The maximum absolute atomic E-state index is 12.1. The summed E-state index contributed by atoms with van der Waals surface area (Å²) in [7, 11) is 0. The van der Waals surface area contributed by atoms with Gasteiger partial charge in [0.1, 0.15) is 17.9 Å². The molecule has 0 fully saturated rings. The molecule has 1 heterocycles. The summed E-state index contributed by atoms with van der Waals surface area (Å²) in [5, 5.41) is 10.6. The van der Waals surface area contributed by atoms with E-state index in [1.807, 2.05) is 0 Å². The second kappa shape index (κ2) is 7.36. The van der Waals surface area contributed by atoms with Gasteiger partial charge in [-0.25, -0.2) is 14.8 Å². The molecule has 0 amide bonds. The number of non-ortho nitro benzene ring substituents is 1. The van der Waals surface area contributed by atoms with Crippen molar-refractivity contribution in [2.75, 3.05) is 12.3 Å². The van der Waals surface area contributed by atoms with Crippen LogP contribution in [0, 0.1) is 17.0 Å². The van der Waals surface area contributed by atoms with Crippen LogP contribution in [-0.2, 0) is 11.3 Å². The topological polar surface area (TPSA) is 130 Å². The zero-order valence-electron chi connectivity index (χ0n) is 13.2. The van der Waals surface area contributed by atoms with Crippen molar-refractivity contribution < 1.29 is 19.2 Å². The Morgan fingerprint density at radius 1 is 1.29 bits per heavy atom. The Morgan fingerprint density at radius 2 is 1.96 bits per heavy atom. The molecule has 1 aromatic carbocycles. The fraction of sp³-hybridized carbons (Fsp3) is 0.267. The van der Waals surface area contributed by atoms with Crippen molar-refractivity contribution in [3.8, 4) is 5.75 Å².